The highest BCUT2D eigenvalue weighted by atomic mass is 35.5. The number of aromatic nitrogens is 2. The lowest BCUT2D eigenvalue weighted by Crippen LogP contribution is -2.31. The quantitative estimate of drug-likeness (QED) is 0.540. The molecule has 1 aromatic heterocycles. The largest absolute Gasteiger partial charge is 0.506 e. The Hall–Kier alpha value is -3.38. The molecular weight excluding hydrogens is 378 g/mol. The van der Waals surface area contributed by atoms with Crippen LogP contribution >= 0.6 is 11.6 Å². The van der Waals surface area contributed by atoms with Gasteiger partial charge in [-0.05, 0) is 17.7 Å². The summed E-state index contributed by atoms with van der Waals surface area (Å²) in [5.41, 5.74) is 2.45. The maximum atomic E-state index is 12.8. The first kappa shape index (κ1) is 18.0. The lowest BCUT2D eigenvalue weighted by atomic mass is 10.0. The fraction of sp³-hybridized carbons (Fsp3) is 0.0952. The number of rotatable bonds is 3. The number of fused-ring (bicyclic) bond motifs is 1. The van der Waals surface area contributed by atoms with E-state index in [1.807, 2.05) is 22.9 Å². The summed E-state index contributed by atoms with van der Waals surface area (Å²) in [7, 11) is 0. The first-order valence-corrected chi connectivity index (χ1v) is 8.96. The number of aliphatic hydroxyl groups is 1. The van der Waals surface area contributed by atoms with Crippen molar-refractivity contribution < 1.29 is 14.7 Å². The van der Waals surface area contributed by atoms with Gasteiger partial charge in [0, 0.05) is 42.0 Å². The fourth-order valence-electron chi connectivity index (χ4n) is 3.28. The van der Waals surface area contributed by atoms with Crippen molar-refractivity contribution in [2.45, 2.75) is 13.5 Å². The summed E-state index contributed by atoms with van der Waals surface area (Å²) in [4.78, 5) is 29.9. The van der Waals surface area contributed by atoms with E-state index < -0.39 is 11.8 Å². The van der Waals surface area contributed by atoms with Gasteiger partial charge < -0.3 is 9.67 Å². The second-order valence-electron chi connectivity index (χ2n) is 6.48. The smallest absolute Gasteiger partial charge is 0.269 e. The zero-order chi connectivity index (χ0) is 19.8. The van der Waals surface area contributed by atoms with Crippen LogP contribution in [0, 0.1) is 0 Å². The van der Waals surface area contributed by atoms with Crippen LogP contribution < -0.4 is 4.90 Å². The Labute approximate surface area is 166 Å². The van der Waals surface area contributed by atoms with Gasteiger partial charge >= 0.3 is 0 Å². The second-order valence-corrected chi connectivity index (χ2v) is 6.91. The highest BCUT2D eigenvalue weighted by Gasteiger charge is 2.37. The zero-order valence-electron chi connectivity index (χ0n) is 15.0. The number of amides is 2. The Morgan fingerprint density at radius 2 is 1.93 bits per heavy atom. The number of anilines is 1. The van der Waals surface area contributed by atoms with E-state index in [1.165, 1.54) is 6.92 Å². The van der Waals surface area contributed by atoms with Crippen LogP contribution in [0.1, 0.15) is 23.6 Å². The Morgan fingerprint density at radius 3 is 2.57 bits per heavy atom. The molecule has 0 saturated carbocycles. The van der Waals surface area contributed by atoms with Crippen molar-refractivity contribution in [1.29, 1.82) is 0 Å². The van der Waals surface area contributed by atoms with E-state index in [4.69, 9.17) is 11.6 Å². The predicted molar refractivity (Wildman–Crippen MR) is 107 cm³/mol. The molecule has 6 nitrogen and oxygen atoms in total. The molecule has 3 aromatic rings. The number of carbonyl (C=O) groups is 2. The van der Waals surface area contributed by atoms with Gasteiger partial charge in [0.15, 0.2) is 0 Å². The SMILES string of the molecule is CC(=O)N1C(=O)C(=C(O)c2ccc(Cn3ccnc3)cc2)c2ccc(Cl)cc21. The summed E-state index contributed by atoms with van der Waals surface area (Å²) in [6, 6.07) is 12.0. The third-order valence-electron chi connectivity index (χ3n) is 4.59. The maximum Gasteiger partial charge on any atom is 0.269 e. The van der Waals surface area contributed by atoms with E-state index in [9.17, 15) is 14.7 Å². The minimum Gasteiger partial charge on any atom is -0.506 e. The van der Waals surface area contributed by atoms with Gasteiger partial charge in [0.1, 0.15) is 5.76 Å². The number of imide groups is 1. The van der Waals surface area contributed by atoms with Gasteiger partial charge in [-0.1, -0.05) is 41.9 Å². The summed E-state index contributed by atoms with van der Waals surface area (Å²) in [6.07, 6.45) is 5.30. The number of halogens is 1. The van der Waals surface area contributed by atoms with Crippen molar-refractivity contribution in [3.05, 3.63) is 82.9 Å². The molecule has 1 N–H and O–H groups in total. The molecule has 0 atom stereocenters. The standard InChI is InChI=1S/C21H16ClN3O3/c1-13(26)25-18-10-16(22)6-7-17(18)19(21(25)28)20(27)15-4-2-14(3-5-15)11-24-9-8-23-12-24/h2-10,12,27H,11H2,1H3. The van der Waals surface area contributed by atoms with Gasteiger partial charge in [-0.2, -0.15) is 0 Å². The van der Waals surface area contributed by atoms with E-state index in [2.05, 4.69) is 4.98 Å². The average molecular weight is 394 g/mol. The van der Waals surface area contributed by atoms with Crippen LogP contribution in [-0.2, 0) is 16.1 Å². The molecule has 0 bridgehead atoms. The lowest BCUT2D eigenvalue weighted by molar-refractivity contribution is -0.122. The summed E-state index contributed by atoms with van der Waals surface area (Å²) < 4.78 is 1.93. The van der Waals surface area contributed by atoms with Crippen molar-refractivity contribution in [2.24, 2.45) is 0 Å². The van der Waals surface area contributed by atoms with Gasteiger partial charge in [0.05, 0.1) is 17.6 Å². The van der Waals surface area contributed by atoms with Crippen LogP contribution in [0.4, 0.5) is 5.69 Å². The van der Waals surface area contributed by atoms with Crippen molar-refractivity contribution in [2.75, 3.05) is 4.90 Å². The normalized spacial score (nSPS) is 14.9. The highest BCUT2D eigenvalue weighted by molar-refractivity contribution is 6.43. The number of hydrogen-bond donors (Lipinski definition) is 1. The molecule has 0 radical (unpaired) electrons. The van der Waals surface area contributed by atoms with E-state index in [0.717, 1.165) is 10.5 Å². The molecule has 2 heterocycles. The average Bonchev–Trinajstić information content (AvgIpc) is 3.26. The molecule has 0 aliphatic carbocycles. The molecule has 28 heavy (non-hydrogen) atoms. The zero-order valence-corrected chi connectivity index (χ0v) is 15.7. The van der Waals surface area contributed by atoms with Crippen LogP contribution in [0.5, 0.6) is 0 Å². The van der Waals surface area contributed by atoms with Gasteiger partial charge in [-0.25, -0.2) is 9.88 Å². The molecule has 7 heteroatoms. The highest BCUT2D eigenvalue weighted by Crippen LogP contribution is 2.41. The molecular formula is C21H16ClN3O3. The Morgan fingerprint density at radius 1 is 1.18 bits per heavy atom. The first-order chi connectivity index (χ1) is 13.5. The van der Waals surface area contributed by atoms with Crippen LogP contribution in [0.15, 0.2) is 61.2 Å². The van der Waals surface area contributed by atoms with Crippen molar-refractivity contribution in [3.63, 3.8) is 0 Å². The van der Waals surface area contributed by atoms with Gasteiger partial charge in [-0.15, -0.1) is 0 Å². The summed E-state index contributed by atoms with van der Waals surface area (Å²) in [5.74, 6) is -1.18. The molecule has 1 aliphatic rings. The monoisotopic (exact) mass is 393 g/mol. The second kappa shape index (κ2) is 6.98. The number of benzene rings is 2. The minimum absolute atomic E-state index is 0.0872. The molecule has 0 fully saturated rings. The molecule has 0 saturated heterocycles. The molecule has 4 rings (SSSR count). The van der Waals surface area contributed by atoms with Crippen LogP contribution in [0.25, 0.3) is 11.3 Å². The molecule has 2 aromatic carbocycles. The van der Waals surface area contributed by atoms with Crippen LogP contribution in [0.2, 0.25) is 5.02 Å². The van der Waals surface area contributed by atoms with E-state index in [-0.39, 0.29) is 11.3 Å². The molecule has 140 valence electrons. The third-order valence-corrected chi connectivity index (χ3v) is 4.83. The Kier molecular flexibility index (Phi) is 4.49. The van der Waals surface area contributed by atoms with Crippen molar-refractivity contribution in [1.82, 2.24) is 9.55 Å². The predicted octanol–water partition coefficient (Wildman–Crippen LogP) is 3.90. The Balaban J connectivity index is 1.74. The third kappa shape index (κ3) is 3.08. The number of imidazole rings is 1. The van der Waals surface area contributed by atoms with E-state index >= 15 is 0 Å². The van der Waals surface area contributed by atoms with Crippen LogP contribution in [0.3, 0.4) is 0 Å². The lowest BCUT2D eigenvalue weighted by Gasteiger charge is -2.12. The molecule has 0 spiro atoms. The number of hydrogen-bond acceptors (Lipinski definition) is 4. The van der Waals surface area contributed by atoms with Crippen molar-refractivity contribution >= 4 is 40.4 Å². The van der Waals surface area contributed by atoms with Crippen molar-refractivity contribution in [3.8, 4) is 0 Å². The maximum absolute atomic E-state index is 12.8. The van der Waals surface area contributed by atoms with Crippen LogP contribution in [-0.4, -0.2) is 26.5 Å². The number of nitrogens with zero attached hydrogens (tertiary/aromatic N) is 3. The minimum atomic E-state index is -0.565. The van der Waals surface area contributed by atoms with Gasteiger partial charge in [0.2, 0.25) is 5.91 Å². The summed E-state index contributed by atoms with van der Waals surface area (Å²) in [6.45, 7) is 1.95. The molecule has 0 unspecified atom stereocenters. The van der Waals surface area contributed by atoms with Gasteiger partial charge in [0.25, 0.3) is 5.91 Å². The van der Waals surface area contributed by atoms with E-state index in [0.29, 0.717) is 28.4 Å². The summed E-state index contributed by atoms with van der Waals surface area (Å²) >= 11 is 6.03. The molecule has 1 aliphatic heterocycles. The fourth-order valence-corrected chi connectivity index (χ4v) is 3.45. The number of aliphatic hydroxyl groups excluding tert-OH is 1. The Bertz CT molecular complexity index is 1100. The first-order valence-electron chi connectivity index (χ1n) is 8.59. The topological polar surface area (TPSA) is 75.4 Å². The number of carbonyl (C=O) groups excluding carboxylic acids is 2. The summed E-state index contributed by atoms with van der Waals surface area (Å²) in [5, 5.41) is 11.2. The van der Waals surface area contributed by atoms with Gasteiger partial charge in [-0.3, -0.25) is 9.59 Å². The van der Waals surface area contributed by atoms with E-state index in [1.54, 1.807) is 42.9 Å². The molecule has 2 amide bonds.